The van der Waals surface area contributed by atoms with E-state index in [4.69, 9.17) is 19.1 Å². The van der Waals surface area contributed by atoms with Crippen molar-refractivity contribution in [1.29, 1.82) is 0 Å². The summed E-state index contributed by atoms with van der Waals surface area (Å²) in [7, 11) is 0. The van der Waals surface area contributed by atoms with Crippen molar-refractivity contribution in [2.75, 3.05) is 19.0 Å². The predicted octanol–water partition coefficient (Wildman–Crippen LogP) is 6.72. The number of pyridine rings is 2. The largest absolute Gasteiger partial charge is 0.421 e. The number of rotatable bonds is 6. The zero-order valence-corrected chi connectivity index (χ0v) is 23.2. The number of thioether (sulfide) groups is 1. The van der Waals surface area contributed by atoms with Crippen LogP contribution < -0.4 is 0 Å². The van der Waals surface area contributed by atoms with Gasteiger partial charge in [-0.3, -0.25) is 4.98 Å². The Morgan fingerprint density at radius 1 is 1.17 bits per heavy atom. The summed E-state index contributed by atoms with van der Waals surface area (Å²) in [6.45, 7) is 8.13. The van der Waals surface area contributed by atoms with Gasteiger partial charge < -0.3 is 13.6 Å². The number of hydrogen-bond donors (Lipinski definition) is 0. The van der Waals surface area contributed by atoms with Gasteiger partial charge in [-0.25, -0.2) is 4.98 Å². The molecule has 0 N–H and O–H groups in total. The van der Waals surface area contributed by atoms with Crippen molar-refractivity contribution in [1.82, 2.24) is 24.6 Å². The average Bonchev–Trinajstić information content (AvgIpc) is 3.60. The van der Waals surface area contributed by atoms with Gasteiger partial charge in [-0.1, -0.05) is 13.8 Å². The predicted molar refractivity (Wildman–Crippen MR) is 144 cm³/mol. The number of aromatic nitrogens is 5. The molecule has 2 aliphatic heterocycles. The molecule has 0 aliphatic carbocycles. The number of halogens is 1. The Hall–Kier alpha value is -2.23. The lowest BCUT2D eigenvalue weighted by molar-refractivity contribution is 0.0639. The van der Waals surface area contributed by atoms with Gasteiger partial charge in [0.25, 0.3) is 0 Å². The quantitative estimate of drug-likeness (QED) is 0.256. The molecule has 6 heterocycles. The Bertz CT molecular complexity index is 1410. The lowest BCUT2D eigenvalue weighted by Gasteiger charge is -2.23. The molecule has 188 valence electrons. The molecule has 0 aromatic carbocycles. The van der Waals surface area contributed by atoms with Crippen molar-refractivity contribution >= 4 is 33.3 Å². The maximum absolute atomic E-state index is 6.06. The standard InChI is InChI=1S/C27H30BrN5O2S/c1-15(2)18-14-36-25-22(21-13-33-10-4-5-19(28)26(33)30-21)23(27-32-31-16(3)35-27)20(29-24(18)25)7-6-17-8-11-34-12-9-17/h4-5,10,13,15,17-18H,6-9,11-12,14H2,1-3H3. The Kier molecular flexibility index (Phi) is 6.64. The minimum Gasteiger partial charge on any atom is -0.421 e. The van der Waals surface area contributed by atoms with Gasteiger partial charge in [0.05, 0.1) is 27.1 Å². The van der Waals surface area contributed by atoms with E-state index in [1.165, 1.54) is 10.6 Å². The van der Waals surface area contributed by atoms with Crippen LogP contribution in [0.2, 0.25) is 0 Å². The second-order valence-electron chi connectivity index (χ2n) is 10.1. The summed E-state index contributed by atoms with van der Waals surface area (Å²) in [5.74, 6) is 3.68. The second kappa shape index (κ2) is 9.91. The molecule has 0 amide bonds. The molecule has 2 aliphatic rings. The molecule has 1 atom stereocenters. The fraction of sp³-hybridized carbons (Fsp3) is 0.481. The number of aryl methyl sites for hydroxylation is 2. The van der Waals surface area contributed by atoms with Gasteiger partial charge in [-0.05, 0) is 65.6 Å². The van der Waals surface area contributed by atoms with Gasteiger partial charge in [0.15, 0.2) is 5.65 Å². The summed E-state index contributed by atoms with van der Waals surface area (Å²) in [6, 6.07) is 4.04. The molecule has 36 heavy (non-hydrogen) atoms. The Balaban J connectivity index is 1.57. The van der Waals surface area contributed by atoms with Gasteiger partial charge in [0.2, 0.25) is 11.8 Å². The number of hydrogen-bond acceptors (Lipinski definition) is 7. The first-order chi connectivity index (χ1) is 17.5. The van der Waals surface area contributed by atoms with Crippen molar-refractivity contribution in [2.24, 2.45) is 11.8 Å². The topological polar surface area (TPSA) is 78.3 Å². The van der Waals surface area contributed by atoms with Crippen LogP contribution in [0.3, 0.4) is 0 Å². The lowest BCUT2D eigenvalue weighted by atomic mass is 9.89. The molecule has 0 saturated carbocycles. The molecule has 4 aromatic rings. The first kappa shape index (κ1) is 24.1. The Morgan fingerprint density at radius 2 is 2.00 bits per heavy atom. The van der Waals surface area contributed by atoms with Crippen molar-refractivity contribution in [3.63, 3.8) is 0 Å². The van der Waals surface area contributed by atoms with Crippen LogP contribution in [0.1, 0.15) is 56.3 Å². The van der Waals surface area contributed by atoms with E-state index < -0.39 is 0 Å². The summed E-state index contributed by atoms with van der Waals surface area (Å²) in [5.41, 5.74) is 6.06. The zero-order chi connectivity index (χ0) is 24.8. The summed E-state index contributed by atoms with van der Waals surface area (Å²) in [6.07, 6.45) is 8.30. The molecule has 0 bridgehead atoms. The van der Waals surface area contributed by atoms with Crippen LogP contribution in [0.25, 0.3) is 28.4 Å². The smallest absolute Gasteiger partial charge is 0.250 e. The van der Waals surface area contributed by atoms with E-state index in [0.717, 1.165) is 77.3 Å². The summed E-state index contributed by atoms with van der Waals surface area (Å²) < 4.78 is 14.7. The Labute approximate surface area is 223 Å². The van der Waals surface area contributed by atoms with E-state index in [1.54, 1.807) is 0 Å². The minimum atomic E-state index is 0.410. The summed E-state index contributed by atoms with van der Waals surface area (Å²) in [4.78, 5) is 11.6. The van der Waals surface area contributed by atoms with E-state index >= 15 is 0 Å². The van der Waals surface area contributed by atoms with Gasteiger partial charge in [-0.15, -0.1) is 22.0 Å². The molecule has 1 unspecified atom stereocenters. The van der Waals surface area contributed by atoms with Gasteiger partial charge in [-0.2, -0.15) is 0 Å². The highest BCUT2D eigenvalue weighted by molar-refractivity contribution is 9.10. The number of nitrogens with zero attached hydrogens (tertiary/aromatic N) is 5. The van der Waals surface area contributed by atoms with E-state index in [2.05, 4.69) is 50.6 Å². The zero-order valence-electron chi connectivity index (χ0n) is 20.8. The maximum Gasteiger partial charge on any atom is 0.250 e. The number of ether oxygens (including phenoxy) is 1. The van der Waals surface area contributed by atoms with E-state index in [9.17, 15) is 0 Å². The first-order valence-corrected chi connectivity index (χ1v) is 14.5. The molecule has 4 aromatic heterocycles. The maximum atomic E-state index is 6.06. The van der Waals surface area contributed by atoms with Crippen LogP contribution in [0.4, 0.5) is 0 Å². The molecule has 0 spiro atoms. The van der Waals surface area contributed by atoms with Crippen LogP contribution in [0, 0.1) is 18.8 Å². The normalized spacial score (nSPS) is 18.4. The lowest BCUT2D eigenvalue weighted by Crippen LogP contribution is -2.17. The first-order valence-electron chi connectivity index (χ1n) is 12.7. The van der Waals surface area contributed by atoms with Crippen LogP contribution >= 0.6 is 27.7 Å². The van der Waals surface area contributed by atoms with Crippen molar-refractivity contribution in [3.8, 4) is 22.7 Å². The molecular formula is C27H30BrN5O2S. The third-order valence-electron chi connectivity index (χ3n) is 7.38. The number of fused-ring (bicyclic) bond motifs is 2. The van der Waals surface area contributed by atoms with Crippen LogP contribution in [0.15, 0.2) is 38.3 Å². The van der Waals surface area contributed by atoms with Crippen LogP contribution in [0.5, 0.6) is 0 Å². The van der Waals surface area contributed by atoms with E-state index in [0.29, 0.717) is 29.5 Å². The third kappa shape index (κ3) is 4.39. The van der Waals surface area contributed by atoms with Crippen LogP contribution in [-0.4, -0.2) is 43.5 Å². The fourth-order valence-corrected chi connectivity index (χ4v) is 7.35. The monoisotopic (exact) mass is 567 g/mol. The van der Waals surface area contributed by atoms with Gasteiger partial charge in [0.1, 0.15) is 0 Å². The van der Waals surface area contributed by atoms with E-state index in [-0.39, 0.29) is 0 Å². The van der Waals surface area contributed by atoms with Crippen molar-refractivity contribution in [3.05, 3.63) is 46.3 Å². The molecule has 7 nitrogen and oxygen atoms in total. The van der Waals surface area contributed by atoms with Gasteiger partial charge >= 0.3 is 0 Å². The van der Waals surface area contributed by atoms with Crippen molar-refractivity contribution in [2.45, 2.75) is 57.3 Å². The van der Waals surface area contributed by atoms with Crippen LogP contribution in [-0.2, 0) is 11.2 Å². The molecule has 9 heteroatoms. The highest BCUT2D eigenvalue weighted by Crippen LogP contribution is 2.51. The highest BCUT2D eigenvalue weighted by Gasteiger charge is 2.35. The molecule has 0 radical (unpaired) electrons. The second-order valence-corrected chi connectivity index (χ2v) is 12.0. The summed E-state index contributed by atoms with van der Waals surface area (Å²) in [5, 5.41) is 8.66. The molecule has 1 fully saturated rings. The van der Waals surface area contributed by atoms with Crippen molar-refractivity contribution < 1.29 is 9.15 Å². The molecule has 1 saturated heterocycles. The SMILES string of the molecule is Cc1nnc(-c2c(CCC3CCOCC3)nc3c(c2-c2cn4cccc(Br)c4n2)SCC3C(C)C)o1. The summed E-state index contributed by atoms with van der Waals surface area (Å²) >= 11 is 5.55. The third-order valence-corrected chi connectivity index (χ3v) is 9.22. The van der Waals surface area contributed by atoms with E-state index in [1.807, 2.05) is 37.0 Å². The number of imidazole rings is 1. The highest BCUT2D eigenvalue weighted by atomic mass is 79.9. The fourth-order valence-electron chi connectivity index (χ4n) is 5.32. The average molecular weight is 569 g/mol. The Morgan fingerprint density at radius 3 is 2.72 bits per heavy atom. The van der Waals surface area contributed by atoms with Gasteiger partial charge in [0, 0.05) is 54.7 Å². The molecule has 6 rings (SSSR count). The molecular weight excluding hydrogens is 538 g/mol. The minimum absolute atomic E-state index is 0.410.